The molecule has 1 saturated heterocycles. The molecule has 0 aromatic heterocycles. The molecule has 0 radical (unpaired) electrons. The van der Waals surface area contributed by atoms with E-state index in [1.165, 1.54) is 6.20 Å². The number of carbonyl (C=O) groups is 1. The molecule has 6 nitrogen and oxygen atoms in total. The average molecular weight is 299 g/mol. The van der Waals surface area contributed by atoms with Gasteiger partial charge < -0.3 is 10.2 Å². The lowest BCUT2D eigenvalue weighted by atomic mass is 10.2. The van der Waals surface area contributed by atoms with Gasteiger partial charge in [-0.25, -0.2) is 8.42 Å². The van der Waals surface area contributed by atoms with Crippen molar-refractivity contribution in [1.29, 1.82) is 5.26 Å². The lowest BCUT2D eigenvalue weighted by Crippen LogP contribution is -2.34. The zero-order valence-corrected chi connectivity index (χ0v) is 12.9. The molecule has 1 aliphatic heterocycles. The summed E-state index contributed by atoms with van der Waals surface area (Å²) in [6.07, 6.45) is 2.74. The topological polar surface area (TPSA) is 90.3 Å². The summed E-state index contributed by atoms with van der Waals surface area (Å²) in [4.78, 5) is 13.5. The van der Waals surface area contributed by atoms with Crippen molar-refractivity contribution in [3.8, 4) is 6.07 Å². The fourth-order valence-electron chi connectivity index (χ4n) is 1.95. The predicted octanol–water partition coefficient (Wildman–Crippen LogP) is 0.427. The fraction of sp³-hybridized carbons (Fsp3) is 0.692. The van der Waals surface area contributed by atoms with E-state index in [9.17, 15) is 13.2 Å². The van der Waals surface area contributed by atoms with E-state index < -0.39 is 15.7 Å². The highest BCUT2D eigenvalue weighted by Gasteiger charge is 2.30. The maximum Gasteiger partial charge on any atom is 0.263 e. The Balaban J connectivity index is 2.74. The summed E-state index contributed by atoms with van der Waals surface area (Å²) in [6, 6.07) is 1.69. The van der Waals surface area contributed by atoms with Crippen LogP contribution < -0.4 is 5.32 Å². The third-order valence-electron chi connectivity index (χ3n) is 3.47. The van der Waals surface area contributed by atoms with Crippen molar-refractivity contribution in [2.75, 3.05) is 18.6 Å². The van der Waals surface area contributed by atoms with Crippen molar-refractivity contribution in [1.82, 2.24) is 10.2 Å². The first-order valence-corrected chi connectivity index (χ1v) is 8.46. The number of rotatable bonds is 5. The molecule has 1 amide bonds. The Morgan fingerprint density at radius 3 is 2.70 bits per heavy atom. The Morgan fingerprint density at radius 2 is 2.25 bits per heavy atom. The van der Waals surface area contributed by atoms with Crippen LogP contribution in [0.5, 0.6) is 0 Å². The molecule has 0 aromatic rings. The van der Waals surface area contributed by atoms with E-state index in [0.717, 1.165) is 6.42 Å². The number of hydrogen-bond acceptors (Lipinski definition) is 5. The minimum absolute atomic E-state index is 0.00269. The zero-order valence-electron chi connectivity index (χ0n) is 12.1. The summed E-state index contributed by atoms with van der Waals surface area (Å²) in [5.74, 6) is -0.183. The van der Waals surface area contributed by atoms with E-state index in [1.54, 1.807) is 11.9 Å². The van der Waals surface area contributed by atoms with Crippen molar-refractivity contribution >= 4 is 15.7 Å². The Hall–Kier alpha value is -1.55. The third-order valence-corrected chi connectivity index (χ3v) is 5.22. The first-order chi connectivity index (χ1) is 9.29. The molecule has 112 valence electrons. The Labute approximate surface area is 120 Å². The molecule has 0 aliphatic carbocycles. The molecule has 20 heavy (non-hydrogen) atoms. The fourth-order valence-corrected chi connectivity index (χ4v) is 3.73. The normalized spacial score (nSPS) is 22.9. The zero-order chi connectivity index (χ0) is 15.3. The maximum atomic E-state index is 11.9. The summed E-state index contributed by atoms with van der Waals surface area (Å²) in [5.41, 5.74) is -0.00269. The number of sulfone groups is 1. The highest BCUT2D eigenvalue weighted by atomic mass is 32.2. The van der Waals surface area contributed by atoms with Crippen molar-refractivity contribution in [3.63, 3.8) is 0 Å². The van der Waals surface area contributed by atoms with E-state index in [0.29, 0.717) is 6.42 Å². The molecule has 2 atom stereocenters. The van der Waals surface area contributed by atoms with E-state index in [-0.39, 0.29) is 29.2 Å². The van der Waals surface area contributed by atoms with Gasteiger partial charge in [-0.3, -0.25) is 4.79 Å². The van der Waals surface area contributed by atoms with Crippen LogP contribution in [0.1, 0.15) is 26.7 Å². The van der Waals surface area contributed by atoms with Crippen LogP contribution >= 0.6 is 0 Å². The maximum absolute atomic E-state index is 11.9. The summed E-state index contributed by atoms with van der Waals surface area (Å²) >= 11 is 0. The molecular formula is C13H21N3O3S. The largest absolute Gasteiger partial charge is 0.375 e. The highest BCUT2D eigenvalue weighted by Crippen LogP contribution is 2.17. The molecule has 1 fully saturated rings. The van der Waals surface area contributed by atoms with E-state index in [4.69, 9.17) is 5.26 Å². The minimum atomic E-state index is -2.98. The van der Waals surface area contributed by atoms with Crippen LogP contribution in [0.25, 0.3) is 0 Å². The van der Waals surface area contributed by atoms with Gasteiger partial charge in [0.25, 0.3) is 5.91 Å². The van der Waals surface area contributed by atoms with E-state index in [2.05, 4.69) is 5.32 Å². The van der Waals surface area contributed by atoms with Crippen LogP contribution in [0, 0.1) is 11.3 Å². The molecular weight excluding hydrogens is 278 g/mol. The van der Waals surface area contributed by atoms with Crippen molar-refractivity contribution in [2.45, 2.75) is 38.8 Å². The number of nitrogens with zero attached hydrogens (tertiary/aromatic N) is 2. The van der Waals surface area contributed by atoms with Crippen LogP contribution in [0.4, 0.5) is 0 Å². The quantitative estimate of drug-likeness (QED) is 0.587. The second-order valence-corrected chi connectivity index (χ2v) is 7.39. The summed E-state index contributed by atoms with van der Waals surface area (Å²) < 4.78 is 22.9. The van der Waals surface area contributed by atoms with Gasteiger partial charge in [0.05, 0.1) is 11.5 Å². The van der Waals surface area contributed by atoms with Gasteiger partial charge in [-0.2, -0.15) is 5.26 Å². The first-order valence-electron chi connectivity index (χ1n) is 6.64. The number of nitriles is 1. The molecule has 0 spiro atoms. The van der Waals surface area contributed by atoms with Gasteiger partial charge in [0.1, 0.15) is 11.6 Å². The van der Waals surface area contributed by atoms with Crippen LogP contribution in [-0.4, -0.2) is 49.9 Å². The first kappa shape index (κ1) is 16.5. The van der Waals surface area contributed by atoms with Crippen LogP contribution in [0.3, 0.4) is 0 Å². The molecule has 1 aliphatic rings. The summed E-state index contributed by atoms with van der Waals surface area (Å²) in [5, 5.41) is 11.8. The molecule has 1 N–H and O–H groups in total. The molecule has 1 rings (SSSR count). The highest BCUT2D eigenvalue weighted by molar-refractivity contribution is 7.91. The van der Waals surface area contributed by atoms with E-state index in [1.807, 2.05) is 19.9 Å². The minimum Gasteiger partial charge on any atom is -0.375 e. The smallest absolute Gasteiger partial charge is 0.263 e. The van der Waals surface area contributed by atoms with Crippen molar-refractivity contribution < 1.29 is 13.2 Å². The van der Waals surface area contributed by atoms with Gasteiger partial charge >= 0.3 is 0 Å². The lowest BCUT2D eigenvalue weighted by molar-refractivity contribution is -0.117. The molecule has 2 unspecified atom stereocenters. The van der Waals surface area contributed by atoms with Crippen LogP contribution in [0.15, 0.2) is 11.8 Å². The number of amides is 1. The molecule has 7 heteroatoms. The Morgan fingerprint density at radius 1 is 1.60 bits per heavy atom. The second-order valence-electron chi connectivity index (χ2n) is 5.16. The lowest BCUT2D eigenvalue weighted by Gasteiger charge is -2.21. The number of hydrogen-bond donors (Lipinski definition) is 1. The summed E-state index contributed by atoms with van der Waals surface area (Å²) in [6.45, 7) is 3.80. The standard InChI is InChI=1S/C13H21N3O3S/c1-4-10(2)15-13(17)11(7-14)8-16(3)12-5-6-20(18,19)9-12/h8,10,12H,4-6,9H2,1-3H3,(H,15,17)/b11-8-. The summed E-state index contributed by atoms with van der Waals surface area (Å²) in [7, 11) is -1.29. The van der Waals surface area contributed by atoms with Crippen LogP contribution in [0.2, 0.25) is 0 Å². The van der Waals surface area contributed by atoms with Gasteiger partial charge in [-0.05, 0) is 19.8 Å². The second kappa shape index (κ2) is 6.75. The van der Waals surface area contributed by atoms with E-state index >= 15 is 0 Å². The number of nitrogens with one attached hydrogen (secondary N) is 1. The Kier molecular flexibility index (Phi) is 5.57. The molecule has 0 saturated carbocycles. The SMILES string of the molecule is CCC(C)NC(=O)/C(C#N)=C\N(C)C1CCS(=O)(=O)C1. The van der Waals surface area contributed by atoms with Gasteiger partial charge in [0, 0.05) is 25.3 Å². The Bertz CT molecular complexity index is 534. The van der Waals surface area contributed by atoms with Gasteiger partial charge in [0.15, 0.2) is 9.84 Å². The monoisotopic (exact) mass is 299 g/mol. The van der Waals surface area contributed by atoms with Gasteiger partial charge in [0.2, 0.25) is 0 Å². The van der Waals surface area contributed by atoms with Crippen LogP contribution in [-0.2, 0) is 14.6 Å². The molecule has 1 heterocycles. The van der Waals surface area contributed by atoms with Gasteiger partial charge in [-0.15, -0.1) is 0 Å². The predicted molar refractivity (Wildman–Crippen MR) is 76.4 cm³/mol. The number of carbonyl (C=O) groups excluding carboxylic acids is 1. The van der Waals surface area contributed by atoms with Crippen molar-refractivity contribution in [3.05, 3.63) is 11.8 Å². The van der Waals surface area contributed by atoms with Crippen molar-refractivity contribution in [2.24, 2.45) is 0 Å². The average Bonchev–Trinajstić information content (AvgIpc) is 2.75. The third kappa shape index (κ3) is 4.53. The van der Waals surface area contributed by atoms with Gasteiger partial charge in [-0.1, -0.05) is 6.92 Å². The molecule has 0 bridgehead atoms. The molecule has 0 aromatic carbocycles.